The molecule has 0 spiro atoms. The van der Waals surface area contributed by atoms with Crippen molar-refractivity contribution in [3.8, 4) is 0 Å². The van der Waals surface area contributed by atoms with Crippen molar-refractivity contribution in [1.82, 2.24) is 15.4 Å². The lowest BCUT2D eigenvalue weighted by atomic mass is 9.95. The van der Waals surface area contributed by atoms with Crippen LogP contribution in [-0.2, 0) is 4.79 Å². The van der Waals surface area contributed by atoms with Gasteiger partial charge in [0, 0.05) is 31.0 Å². The Labute approximate surface area is 156 Å². The van der Waals surface area contributed by atoms with E-state index >= 15 is 0 Å². The van der Waals surface area contributed by atoms with Gasteiger partial charge in [0.2, 0.25) is 5.91 Å². The first-order chi connectivity index (χ1) is 13.0. The van der Waals surface area contributed by atoms with Crippen LogP contribution in [0.1, 0.15) is 46.9 Å². The van der Waals surface area contributed by atoms with Gasteiger partial charge in [-0.2, -0.15) is 0 Å². The third-order valence-corrected chi connectivity index (χ3v) is 5.53. The molecule has 2 aliphatic rings. The highest BCUT2D eigenvalue weighted by Crippen LogP contribution is 2.41. The van der Waals surface area contributed by atoms with Crippen LogP contribution in [0.25, 0.3) is 0 Å². The van der Waals surface area contributed by atoms with Crippen molar-refractivity contribution in [2.45, 2.75) is 38.1 Å². The van der Waals surface area contributed by atoms with E-state index < -0.39 is 0 Å². The lowest BCUT2D eigenvalue weighted by molar-refractivity contribution is -0.126. The predicted molar refractivity (Wildman–Crippen MR) is 95.6 cm³/mol. The molecule has 6 nitrogen and oxygen atoms in total. The molecule has 0 unspecified atom stereocenters. The van der Waals surface area contributed by atoms with Crippen LogP contribution in [0.2, 0.25) is 0 Å². The van der Waals surface area contributed by atoms with E-state index in [1.165, 1.54) is 18.3 Å². The summed E-state index contributed by atoms with van der Waals surface area (Å²) in [6.07, 6.45) is 3.56. The fraction of sp³-hybridized carbons (Fsp3) is 0.450. The van der Waals surface area contributed by atoms with Gasteiger partial charge in [-0.05, 0) is 43.9 Å². The Balaban J connectivity index is 1.27. The predicted octanol–water partition coefficient (Wildman–Crippen LogP) is 2.65. The van der Waals surface area contributed by atoms with Gasteiger partial charge < -0.3 is 14.7 Å². The first kappa shape index (κ1) is 17.7. The lowest BCUT2D eigenvalue weighted by Crippen LogP contribution is -2.43. The summed E-state index contributed by atoms with van der Waals surface area (Å²) in [5, 5.41) is 6.73. The fourth-order valence-electron chi connectivity index (χ4n) is 3.78. The van der Waals surface area contributed by atoms with Crippen LogP contribution in [0.4, 0.5) is 4.39 Å². The minimum Gasteiger partial charge on any atom is -0.361 e. The summed E-state index contributed by atoms with van der Waals surface area (Å²) in [6, 6.07) is 6.64. The number of rotatable bonds is 4. The van der Waals surface area contributed by atoms with Crippen molar-refractivity contribution in [2.75, 3.05) is 13.1 Å². The molecule has 1 aromatic heterocycles. The van der Waals surface area contributed by atoms with Gasteiger partial charge in [-0.25, -0.2) is 4.39 Å². The Kier molecular flexibility index (Phi) is 4.68. The molecule has 0 bridgehead atoms. The van der Waals surface area contributed by atoms with E-state index in [2.05, 4.69) is 10.5 Å². The maximum absolute atomic E-state index is 13.3. The third-order valence-electron chi connectivity index (χ3n) is 5.53. The molecule has 2 amide bonds. The highest BCUT2D eigenvalue weighted by molar-refractivity contribution is 5.95. The zero-order valence-corrected chi connectivity index (χ0v) is 15.2. The normalized spacial score (nSPS) is 22.5. The number of likely N-dealkylation sites (tertiary alicyclic amines) is 1. The summed E-state index contributed by atoms with van der Waals surface area (Å²) in [6.45, 7) is 2.80. The Morgan fingerprint density at radius 2 is 2.07 bits per heavy atom. The van der Waals surface area contributed by atoms with Gasteiger partial charge in [-0.1, -0.05) is 17.3 Å². The number of amides is 2. The number of benzene rings is 1. The number of carbonyl (C=O) groups is 2. The number of aryl methyl sites for hydroxylation is 1. The second kappa shape index (κ2) is 7.13. The van der Waals surface area contributed by atoms with Gasteiger partial charge in [-0.3, -0.25) is 9.59 Å². The second-order valence-electron chi connectivity index (χ2n) is 7.37. The van der Waals surface area contributed by atoms with Gasteiger partial charge in [0.25, 0.3) is 5.91 Å². The Morgan fingerprint density at radius 3 is 2.74 bits per heavy atom. The van der Waals surface area contributed by atoms with E-state index in [4.69, 9.17) is 4.52 Å². The summed E-state index contributed by atoms with van der Waals surface area (Å²) in [5.41, 5.74) is 1.42. The number of halogens is 1. The number of hydrogen-bond donors (Lipinski definition) is 1. The number of piperidine rings is 1. The van der Waals surface area contributed by atoms with Crippen LogP contribution in [0.15, 0.2) is 35.0 Å². The molecule has 142 valence electrons. The van der Waals surface area contributed by atoms with Gasteiger partial charge in [0.1, 0.15) is 17.1 Å². The van der Waals surface area contributed by atoms with Crippen molar-refractivity contribution >= 4 is 11.8 Å². The standard InChI is InChI=1S/C20H22FN3O3/c1-12-17(11-22-27-12)20(26)24-7-5-13(6-8-24)19(25)23-18-10-16(18)14-3-2-4-15(21)9-14/h2-4,9,11,13,16,18H,5-8,10H2,1H3,(H,23,25)/t16-,18-/m1/s1. The van der Waals surface area contributed by atoms with Crippen molar-refractivity contribution in [1.29, 1.82) is 0 Å². The molecule has 1 N–H and O–H groups in total. The molecule has 1 saturated heterocycles. The molecule has 4 rings (SSSR count). The molecule has 1 aromatic carbocycles. The maximum atomic E-state index is 13.3. The molecule has 1 aliphatic heterocycles. The molecule has 0 radical (unpaired) electrons. The molecule has 2 heterocycles. The van der Waals surface area contributed by atoms with Crippen LogP contribution in [0.5, 0.6) is 0 Å². The van der Waals surface area contributed by atoms with Crippen LogP contribution in [0.3, 0.4) is 0 Å². The van der Waals surface area contributed by atoms with Crippen LogP contribution < -0.4 is 5.32 Å². The highest BCUT2D eigenvalue weighted by atomic mass is 19.1. The largest absolute Gasteiger partial charge is 0.361 e. The summed E-state index contributed by atoms with van der Waals surface area (Å²) in [4.78, 5) is 26.8. The van der Waals surface area contributed by atoms with E-state index in [0.29, 0.717) is 37.3 Å². The van der Waals surface area contributed by atoms with Gasteiger partial charge in [0.05, 0.1) is 6.20 Å². The number of aromatic nitrogens is 1. The smallest absolute Gasteiger partial charge is 0.259 e. The van der Waals surface area contributed by atoms with Gasteiger partial charge in [0.15, 0.2) is 0 Å². The number of nitrogens with one attached hydrogen (secondary N) is 1. The highest BCUT2D eigenvalue weighted by Gasteiger charge is 2.41. The van der Waals surface area contributed by atoms with Crippen LogP contribution in [-0.4, -0.2) is 41.0 Å². The van der Waals surface area contributed by atoms with Crippen molar-refractivity contribution in [2.24, 2.45) is 5.92 Å². The van der Waals surface area contributed by atoms with Crippen molar-refractivity contribution < 1.29 is 18.5 Å². The molecular weight excluding hydrogens is 349 g/mol. The summed E-state index contributed by atoms with van der Waals surface area (Å²) >= 11 is 0. The minimum atomic E-state index is -0.246. The zero-order chi connectivity index (χ0) is 19.0. The molecule has 2 aromatic rings. The monoisotopic (exact) mass is 371 g/mol. The number of nitrogens with zero attached hydrogens (tertiary/aromatic N) is 2. The Hall–Kier alpha value is -2.70. The third kappa shape index (κ3) is 3.72. The first-order valence-corrected chi connectivity index (χ1v) is 9.29. The van der Waals surface area contributed by atoms with Crippen LogP contribution >= 0.6 is 0 Å². The molecule has 2 atom stereocenters. The van der Waals surface area contributed by atoms with Crippen molar-refractivity contribution in [3.63, 3.8) is 0 Å². The van der Waals surface area contributed by atoms with E-state index in [0.717, 1.165) is 12.0 Å². The molecule has 2 fully saturated rings. The second-order valence-corrected chi connectivity index (χ2v) is 7.37. The van der Waals surface area contributed by atoms with E-state index in [1.807, 2.05) is 6.07 Å². The summed E-state index contributed by atoms with van der Waals surface area (Å²) < 4.78 is 18.3. The van der Waals surface area contributed by atoms with Gasteiger partial charge in [-0.15, -0.1) is 0 Å². The first-order valence-electron chi connectivity index (χ1n) is 9.29. The van der Waals surface area contributed by atoms with Crippen molar-refractivity contribution in [3.05, 3.63) is 53.2 Å². The van der Waals surface area contributed by atoms with E-state index in [-0.39, 0.29) is 35.5 Å². The topological polar surface area (TPSA) is 75.4 Å². The van der Waals surface area contributed by atoms with Crippen LogP contribution in [0, 0.1) is 18.7 Å². The summed E-state index contributed by atoms with van der Waals surface area (Å²) in [5.74, 6) is 0.309. The van der Waals surface area contributed by atoms with Gasteiger partial charge >= 0.3 is 0 Å². The average Bonchev–Trinajstić information content (AvgIpc) is 3.31. The zero-order valence-electron chi connectivity index (χ0n) is 15.2. The Morgan fingerprint density at radius 1 is 1.30 bits per heavy atom. The maximum Gasteiger partial charge on any atom is 0.259 e. The molecular formula is C20H22FN3O3. The molecule has 7 heteroatoms. The average molecular weight is 371 g/mol. The molecule has 1 saturated carbocycles. The summed E-state index contributed by atoms with van der Waals surface area (Å²) in [7, 11) is 0. The lowest BCUT2D eigenvalue weighted by Gasteiger charge is -2.31. The van der Waals surface area contributed by atoms with E-state index in [9.17, 15) is 14.0 Å². The number of carbonyl (C=O) groups excluding carboxylic acids is 2. The molecule has 27 heavy (non-hydrogen) atoms. The number of hydrogen-bond acceptors (Lipinski definition) is 4. The fourth-order valence-corrected chi connectivity index (χ4v) is 3.78. The van der Waals surface area contributed by atoms with E-state index in [1.54, 1.807) is 17.9 Å². The Bertz CT molecular complexity index is 858. The quantitative estimate of drug-likeness (QED) is 0.897. The molecule has 1 aliphatic carbocycles. The minimum absolute atomic E-state index is 0.0344. The SMILES string of the molecule is Cc1oncc1C(=O)N1CCC(C(=O)N[C@@H]2C[C@@H]2c2cccc(F)c2)CC1.